The Hall–Kier alpha value is -1.35. The molecule has 1 aromatic heterocycles. The van der Waals surface area contributed by atoms with Gasteiger partial charge in [0.15, 0.2) is 11.5 Å². The van der Waals surface area contributed by atoms with Gasteiger partial charge in [0.1, 0.15) is 11.8 Å². The Bertz CT molecular complexity index is 490. The monoisotopic (exact) mass is 209 g/mol. The maximum Gasteiger partial charge on any atom is 0.192 e. The quantitative estimate of drug-likeness (QED) is 0.714. The molecule has 0 spiro atoms. The van der Waals surface area contributed by atoms with Crippen LogP contribution in [0.4, 0.5) is 0 Å². The highest BCUT2D eigenvalue weighted by molar-refractivity contribution is 6.32. The predicted molar refractivity (Wildman–Crippen MR) is 53.5 cm³/mol. The molecule has 0 atom stereocenters. The Morgan fingerprint density at radius 3 is 3.07 bits per heavy atom. The number of aldehydes is 1. The largest absolute Gasteiger partial charge is 0.441 e. The summed E-state index contributed by atoms with van der Waals surface area (Å²) in [5.41, 5.74) is 2.16. The zero-order valence-electron chi connectivity index (χ0n) is 7.58. The van der Waals surface area contributed by atoms with E-state index in [0.717, 1.165) is 17.4 Å². The van der Waals surface area contributed by atoms with Gasteiger partial charge in [0.05, 0.1) is 0 Å². The summed E-state index contributed by atoms with van der Waals surface area (Å²) in [6.07, 6.45) is 1.12. The number of rotatable bonds is 2. The fourth-order valence-corrected chi connectivity index (χ4v) is 1.59. The first-order valence-corrected chi connectivity index (χ1v) is 4.57. The van der Waals surface area contributed by atoms with E-state index in [9.17, 15) is 4.79 Å². The molecule has 14 heavy (non-hydrogen) atoms. The summed E-state index contributed by atoms with van der Waals surface area (Å²) in [6.45, 7) is 1.77. The summed E-state index contributed by atoms with van der Waals surface area (Å²) in [6, 6.07) is 3.47. The number of carbonyl (C=O) groups is 1. The molecule has 0 bridgehead atoms. The highest BCUT2D eigenvalue weighted by Crippen LogP contribution is 2.24. The van der Waals surface area contributed by atoms with Crippen molar-refractivity contribution in [3.63, 3.8) is 0 Å². The van der Waals surface area contributed by atoms with Crippen molar-refractivity contribution in [3.05, 3.63) is 28.6 Å². The van der Waals surface area contributed by atoms with Crippen molar-refractivity contribution in [2.24, 2.45) is 0 Å². The smallest absolute Gasteiger partial charge is 0.192 e. The van der Waals surface area contributed by atoms with Crippen LogP contribution in [0.1, 0.15) is 11.5 Å². The van der Waals surface area contributed by atoms with Gasteiger partial charge in [-0.15, -0.1) is 0 Å². The molecule has 0 saturated carbocycles. The molecule has 0 aliphatic heterocycles. The fourth-order valence-electron chi connectivity index (χ4n) is 1.35. The second-order valence-corrected chi connectivity index (χ2v) is 3.42. The molecule has 0 N–H and O–H groups in total. The van der Waals surface area contributed by atoms with Crippen LogP contribution in [0, 0.1) is 6.92 Å². The van der Waals surface area contributed by atoms with Crippen LogP contribution in [-0.2, 0) is 11.2 Å². The van der Waals surface area contributed by atoms with Crippen LogP contribution < -0.4 is 0 Å². The molecule has 2 aromatic rings. The van der Waals surface area contributed by atoms with Gasteiger partial charge in [-0.25, -0.2) is 4.98 Å². The molecule has 1 aromatic carbocycles. The van der Waals surface area contributed by atoms with E-state index < -0.39 is 0 Å². The van der Waals surface area contributed by atoms with Gasteiger partial charge >= 0.3 is 0 Å². The van der Waals surface area contributed by atoms with Crippen molar-refractivity contribution in [2.75, 3.05) is 0 Å². The number of aromatic nitrogens is 1. The van der Waals surface area contributed by atoms with Gasteiger partial charge < -0.3 is 9.21 Å². The van der Waals surface area contributed by atoms with Gasteiger partial charge in [-0.3, -0.25) is 0 Å². The number of oxazole rings is 1. The zero-order chi connectivity index (χ0) is 10.1. The molecule has 0 aliphatic rings. The van der Waals surface area contributed by atoms with E-state index in [0.29, 0.717) is 22.9 Å². The number of halogens is 1. The summed E-state index contributed by atoms with van der Waals surface area (Å²) in [5, 5.41) is 0.554. The van der Waals surface area contributed by atoms with Crippen molar-refractivity contribution in [3.8, 4) is 0 Å². The molecule has 0 radical (unpaired) electrons. The van der Waals surface area contributed by atoms with Crippen molar-refractivity contribution >= 4 is 29.0 Å². The van der Waals surface area contributed by atoms with Crippen LogP contribution in [-0.4, -0.2) is 11.3 Å². The van der Waals surface area contributed by atoms with Crippen LogP contribution in [0.5, 0.6) is 0 Å². The minimum absolute atomic E-state index is 0.300. The number of benzene rings is 1. The Morgan fingerprint density at radius 1 is 1.57 bits per heavy atom. The number of nitrogens with zero attached hydrogens (tertiary/aromatic N) is 1. The maximum atomic E-state index is 10.4. The Labute approximate surface area is 85.7 Å². The van der Waals surface area contributed by atoms with Crippen molar-refractivity contribution in [2.45, 2.75) is 13.3 Å². The summed E-state index contributed by atoms with van der Waals surface area (Å²) >= 11 is 5.95. The van der Waals surface area contributed by atoms with Gasteiger partial charge in [0.2, 0.25) is 0 Å². The van der Waals surface area contributed by atoms with Crippen LogP contribution >= 0.6 is 11.6 Å². The normalized spacial score (nSPS) is 10.7. The van der Waals surface area contributed by atoms with Crippen LogP contribution in [0.2, 0.25) is 5.02 Å². The fraction of sp³-hybridized carbons (Fsp3) is 0.200. The highest BCUT2D eigenvalue weighted by atomic mass is 35.5. The second kappa shape index (κ2) is 3.42. The third-order valence-electron chi connectivity index (χ3n) is 1.97. The van der Waals surface area contributed by atoms with Crippen molar-refractivity contribution in [1.82, 2.24) is 4.98 Å². The Kier molecular flexibility index (Phi) is 2.25. The second-order valence-electron chi connectivity index (χ2n) is 3.02. The molecule has 3 nitrogen and oxygen atoms in total. The average Bonchev–Trinajstić information content (AvgIpc) is 2.45. The summed E-state index contributed by atoms with van der Waals surface area (Å²) in [5.74, 6) is 0.597. The molecule has 0 fully saturated rings. The summed E-state index contributed by atoms with van der Waals surface area (Å²) in [4.78, 5) is 14.5. The molecular weight excluding hydrogens is 202 g/mol. The van der Waals surface area contributed by atoms with E-state index in [1.54, 1.807) is 19.1 Å². The average molecular weight is 210 g/mol. The molecule has 0 amide bonds. The first-order chi connectivity index (χ1) is 6.70. The topological polar surface area (TPSA) is 43.1 Å². The lowest BCUT2D eigenvalue weighted by Crippen LogP contribution is -1.86. The molecule has 1 heterocycles. The number of aryl methyl sites for hydroxylation is 1. The van der Waals surface area contributed by atoms with Crippen LogP contribution in [0.3, 0.4) is 0 Å². The van der Waals surface area contributed by atoms with Crippen LogP contribution in [0.25, 0.3) is 11.1 Å². The van der Waals surface area contributed by atoms with E-state index >= 15 is 0 Å². The summed E-state index contributed by atoms with van der Waals surface area (Å²) < 4.78 is 5.32. The first kappa shape index (κ1) is 9.21. The molecule has 2 rings (SSSR count). The van der Waals surface area contributed by atoms with Gasteiger partial charge in [-0.05, 0) is 17.7 Å². The molecule has 72 valence electrons. The molecule has 0 unspecified atom stereocenters. The molecule has 0 aliphatic carbocycles. The number of fused-ring (bicyclic) bond motifs is 1. The first-order valence-electron chi connectivity index (χ1n) is 4.20. The van der Waals surface area contributed by atoms with Crippen LogP contribution in [0.15, 0.2) is 16.5 Å². The van der Waals surface area contributed by atoms with Crippen molar-refractivity contribution < 1.29 is 9.21 Å². The standard InChI is InChI=1S/C10H8ClNO2/c1-6-12-9-5-8(11)7(2-3-13)4-10(9)14-6/h3-5H,2H2,1H3. The summed E-state index contributed by atoms with van der Waals surface area (Å²) in [7, 11) is 0. The van der Waals surface area contributed by atoms with E-state index in [2.05, 4.69) is 4.98 Å². The Morgan fingerprint density at radius 2 is 2.36 bits per heavy atom. The molecule has 4 heteroatoms. The van der Waals surface area contributed by atoms with E-state index in [1.807, 2.05) is 0 Å². The zero-order valence-corrected chi connectivity index (χ0v) is 8.34. The van der Waals surface area contributed by atoms with E-state index in [4.69, 9.17) is 16.0 Å². The highest BCUT2D eigenvalue weighted by Gasteiger charge is 2.07. The maximum absolute atomic E-state index is 10.4. The lowest BCUT2D eigenvalue weighted by molar-refractivity contribution is -0.107. The minimum Gasteiger partial charge on any atom is -0.441 e. The SMILES string of the molecule is Cc1nc2cc(Cl)c(CC=O)cc2o1. The molecule has 0 saturated heterocycles. The van der Waals surface area contributed by atoms with Gasteiger partial charge in [-0.1, -0.05) is 11.6 Å². The lowest BCUT2D eigenvalue weighted by atomic mass is 10.1. The van der Waals surface area contributed by atoms with E-state index in [-0.39, 0.29) is 0 Å². The third kappa shape index (κ3) is 1.51. The Balaban J connectivity index is 2.63. The number of carbonyl (C=O) groups excluding carboxylic acids is 1. The minimum atomic E-state index is 0.300. The van der Waals surface area contributed by atoms with E-state index in [1.165, 1.54) is 0 Å². The molecular formula is C10H8ClNO2. The van der Waals surface area contributed by atoms with Gasteiger partial charge in [0.25, 0.3) is 0 Å². The predicted octanol–water partition coefficient (Wildman–Crippen LogP) is 2.53. The third-order valence-corrected chi connectivity index (χ3v) is 2.32. The number of hydrogen-bond acceptors (Lipinski definition) is 3. The van der Waals surface area contributed by atoms with Gasteiger partial charge in [-0.2, -0.15) is 0 Å². The van der Waals surface area contributed by atoms with Gasteiger partial charge in [0, 0.05) is 18.4 Å². The lowest BCUT2D eigenvalue weighted by Gasteiger charge is -1.97. The van der Waals surface area contributed by atoms with Crippen molar-refractivity contribution in [1.29, 1.82) is 0 Å². The number of hydrogen-bond donors (Lipinski definition) is 0.